The maximum Gasteiger partial charge on any atom is 0.261 e. The summed E-state index contributed by atoms with van der Waals surface area (Å²) >= 11 is 0. The highest BCUT2D eigenvalue weighted by Gasteiger charge is 2.48. The molecule has 2 aromatic carbocycles. The lowest BCUT2D eigenvalue weighted by Gasteiger charge is -2.25. The number of fused-ring (bicyclic) bond motifs is 1. The quantitative estimate of drug-likeness (QED) is 0.558. The topological polar surface area (TPSA) is 40.6 Å². The second-order valence-corrected chi connectivity index (χ2v) is 8.09. The highest BCUT2D eigenvalue weighted by Crippen LogP contribution is 2.46. The molecule has 2 aliphatic rings. The fourth-order valence-corrected chi connectivity index (χ4v) is 4.33. The van der Waals surface area contributed by atoms with Gasteiger partial charge < -0.3 is 9.80 Å². The van der Waals surface area contributed by atoms with Gasteiger partial charge in [-0.2, -0.15) is 0 Å². The summed E-state index contributed by atoms with van der Waals surface area (Å²) in [5.41, 5.74) is 2.43. The molecular weight excluding hydrogens is 410 g/mol. The van der Waals surface area contributed by atoms with Crippen molar-refractivity contribution in [3.63, 3.8) is 0 Å². The molecule has 4 nitrogen and oxygen atoms in total. The first-order valence-corrected chi connectivity index (χ1v) is 11.1. The summed E-state index contributed by atoms with van der Waals surface area (Å²) in [6.07, 6.45) is 3.21. The molecular formula is C26H26F2N2O2. The van der Waals surface area contributed by atoms with Crippen molar-refractivity contribution >= 4 is 23.2 Å². The van der Waals surface area contributed by atoms with Crippen molar-refractivity contribution in [3.8, 4) is 0 Å². The molecule has 0 unspecified atom stereocenters. The first kappa shape index (κ1) is 21.9. The average Bonchev–Trinajstić information content (AvgIpc) is 3.22. The van der Waals surface area contributed by atoms with Gasteiger partial charge in [-0.1, -0.05) is 51.0 Å². The number of hydrogen-bond donors (Lipinski definition) is 0. The van der Waals surface area contributed by atoms with E-state index in [0.29, 0.717) is 35.6 Å². The lowest BCUT2D eigenvalue weighted by atomic mass is 10.0. The Hall–Kier alpha value is -3.28. The van der Waals surface area contributed by atoms with Crippen molar-refractivity contribution in [2.75, 3.05) is 13.1 Å². The number of carbonyl (C=O) groups excluding carboxylic acids is 2. The van der Waals surface area contributed by atoms with E-state index >= 15 is 0 Å². The average molecular weight is 437 g/mol. The molecule has 0 bridgehead atoms. The van der Waals surface area contributed by atoms with Gasteiger partial charge in [0.25, 0.3) is 11.8 Å². The highest BCUT2D eigenvalue weighted by molar-refractivity contribution is 6.30. The Labute approximate surface area is 186 Å². The second kappa shape index (κ2) is 9.07. The normalized spacial score (nSPS) is 16.0. The molecule has 0 aliphatic carbocycles. The maximum absolute atomic E-state index is 14.1. The van der Waals surface area contributed by atoms with Gasteiger partial charge in [-0.3, -0.25) is 9.59 Å². The van der Waals surface area contributed by atoms with Crippen LogP contribution in [0.3, 0.4) is 0 Å². The minimum absolute atomic E-state index is 0.284. The molecule has 2 heterocycles. The molecule has 0 fully saturated rings. The van der Waals surface area contributed by atoms with Gasteiger partial charge in [-0.25, -0.2) is 8.78 Å². The molecule has 6 heteroatoms. The predicted molar refractivity (Wildman–Crippen MR) is 120 cm³/mol. The number of hydrogen-bond acceptors (Lipinski definition) is 2. The van der Waals surface area contributed by atoms with Gasteiger partial charge in [0.1, 0.15) is 11.6 Å². The van der Waals surface area contributed by atoms with Crippen LogP contribution in [0.4, 0.5) is 8.78 Å². The van der Waals surface area contributed by atoms with Crippen LogP contribution in [-0.2, 0) is 9.59 Å². The number of halogens is 2. The van der Waals surface area contributed by atoms with Gasteiger partial charge in [0, 0.05) is 24.2 Å². The predicted octanol–water partition coefficient (Wildman–Crippen LogP) is 5.37. The number of amides is 2. The molecule has 166 valence electrons. The third-order valence-electron chi connectivity index (χ3n) is 5.85. The van der Waals surface area contributed by atoms with Crippen LogP contribution < -0.4 is 0 Å². The van der Waals surface area contributed by atoms with Gasteiger partial charge in [0.05, 0.1) is 22.5 Å². The first-order chi connectivity index (χ1) is 15.5. The van der Waals surface area contributed by atoms with Gasteiger partial charge in [-0.15, -0.1) is 0 Å². The Morgan fingerprint density at radius 3 is 1.44 bits per heavy atom. The summed E-state index contributed by atoms with van der Waals surface area (Å²) in [6, 6.07) is 11.9. The van der Waals surface area contributed by atoms with Crippen LogP contribution in [0.15, 0.2) is 59.7 Å². The molecule has 0 saturated carbocycles. The molecule has 0 spiro atoms. The Morgan fingerprint density at radius 1 is 0.688 bits per heavy atom. The van der Waals surface area contributed by atoms with E-state index in [0.717, 1.165) is 25.7 Å². The van der Waals surface area contributed by atoms with Crippen LogP contribution in [0.25, 0.3) is 11.4 Å². The molecule has 0 aromatic heterocycles. The third kappa shape index (κ3) is 3.74. The standard InChI is InChI=1S/C26H26F2N2O2/c1-3-5-13-29-23(17-9-7-11-19(27)15-17)21-22(25(29)31)24(18-10-8-12-20(28)16-18)30(26(21)32)14-6-4-2/h7-12,15-16H,3-6,13-14H2,1-2H3. The SMILES string of the molecule is CCCCN1C(=O)C2=C(c3cccc(F)c3)N(CCCC)C(=O)C2=C1c1cccc(F)c1. The molecule has 0 saturated heterocycles. The molecule has 32 heavy (non-hydrogen) atoms. The highest BCUT2D eigenvalue weighted by atomic mass is 19.1. The number of unbranched alkanes of at least 4 members (excludes halogenated alkanes) is 2. The van der Waals surface area contributed by atoms with E-state index in [1.807, 2.05) is 13.8 Å². The first-order valence-electron chi connectivity index (χ1n) is 11.1. The van der Waals surface area contributed by atoms with Crippen molar-refractivity contribution in [2.24, 2.45) is 0 Å². The van der Waals surface area contributed by atoms with E-state index < -0.39 is 11.6 Å². The van der Waals surface area contributed by atoms with E-state index in [4.69, 9.17) is 0 Å². The summed E-state index contributed by atoms with van der Waals surface area (Å²) in [5, 5.41) is 0. The van der Waals surface area contributed by atoms with Crippen LogP contribution in [0, 0.1) is 11.6 Å². The summed E-state index contributed by atoms with van der Waals surface area (Å²) < 4.78 is 28.2. The van der Waals surface area contributed by atoms with Gasteiger partial charge in [0.15, 0.2) is 0 Å². The van der Waals surface area contributed by atoms with E-state index in [2.05, 4.69) is 0 Å². The van der Waals surface area contributed by atoms with E-state index in [-0.39, 0.29) is 23.0 Å². The van der Waals surface area contributed by atoms with Crippen molar-refractivity contribution in [1.82, 2.24) is 9.80 Å². The zero-order valence-corrected chi connectivity index (χ0v) is 18.3. The Balaban J connectivity index is 1.97. The Bertz CT molecular complexity index is 1050. The zero-order valence-electron chi connectivity index (χ0n) is 18.3. The Kier molecular flexibility index (Phi) is 6.21. The maximum atomic E-state index is 14.1. The van der Waals surface area contributed by atoms with Gasteiger partial charge in [0.2, 0.25) is 0 Å². The third-order valence-corrected chi connectivity index (χ3v) is 5.85. The van der Waals surface area contributed by atoms with E-state index in [1.165, 1.54) is 24.3 Å². The fraction of sp³-hybridized carbons (Fsp3) is 0.308. The van der Waals surface area contributed by atoms with Crippen molar-refractivity contribution in [3.05, 3.63) is 82.4 Å². The molecule has 2 aromatic rings. The van der Waals surface area contributed by atoms with E-state index in [1.54, 1.807) is 34.1 Å². The number of carbonyl (C=O) groups is 2. The molecule has 2 amide bonds. The largest absolute Gasteiger partial charge is 0.307 e. The summed E-state index contributed by atoms with van der Waals surface area (Å²) in [5.74, 6) is -1.46. The molecule has 0 N–H and O–H groups in total. The minimum atomic E-state index is -0.436. The smallest absolute Gasteiger partial charge is 0.261 e. The number of benzene rings is 2. The summed E-state index contributed by atoms with van der Waals surface area (Å²) in [6.45, 7) is 4.89. The monoisotopic (exact) mass is 436 g/mol. The van der Waals surface area contributed by atoms with Crippen molar-refractivity contribution in [1.29, 1.82) is 0 Å². The van der Waals surface area contributed by atoms with Crippen LogP contribution in [0.5, 0.6) is 0 Å². The number of rotatable bonds is 8. The Morgan fingerprint density at radius 2 is 1.09 bits per heavy atom. The van der Waals surface area contributed by atoms with E-state index in [9.17, 15) is 18.4 Å². The van der Waals surface area contributed by atoms with Crippen LogP contribution in [-0.4, -0.2) is 34.7 Å². The fourth-order valence-electron chi connectivity index (χ4n) is 4.33. The van der Waals surface area contributed by atoms with Crippen LogP contribution >= 0.6 is 0 Å². The lowest BCUT2D eigenvalue weighted by molar-refractivity contribution is -0.124. The van der Waals surface area contributed by atoms with Crippen LogP contribution in [0.2, 0.25) is 0 Å². The number of nitrogens with zero attached hydrogens (tertiary/aromatic N) is 2. The molecule has 0 radical (unpaired) electrons. The summed E-state index contributed by atoms with van der Waals surface area (Å²) in [4.78, 5) is 30.5. The van der Waals surface area contributed by atoms with Crippen molar-refractivity contribution < 1.29 is 18.4 Å². The second-order valence-electron chi connectivity index (χ2n) is 8.09. The minimum Gasteiger partial charge on any atom is -0.307 e. The lowest BCUT2D eigenvalue weighted by Crippen LogP contribution is -2.31. The van der Waals surface area contributed by atoms with Gasteiger partial charge in [-0.05, 0) is 37.1 Å². The van der Waals surface area contributed by atoms with Crippen molar-refractivity contribution in [2.45, 2.75) is 39.5 Å². The zero-order chi connectivity index (χ0) is 22.8. The van der Waals surface area contributed by atoms with Crippen LogP contribution in [0.1, 0.15) is 50.7 Å². The molecule has 0 atom stereocenters. The molecule has 2 aliphatic heterocycles. The summed E-state index contributed by atoms with van der Waals surface area (Å²) in [7, 11) is 0. The van der Waals surface area contributed by atoms with Gasteiger partial charge >= 0.3 is 0 Å². The molecule has 4 rings (SSSR count).